The first-order chi connectivity index (χ1) is 7.15. The fraction of sp³-hybridized carbons (Fsp3) is 0.545. The van der Waals surface area contributed by atoms with Crippen molar-refractivity contribution < 1.29 is 4.74 Å². The first-order valence-corrected chi connectivity index (χ1v) is 5.38. The number of halogens is 1. The van der Waals surface area contributed by atoms with Crippen molar-refractivity contribution in [2.24, 2.45) is 0 Å². The molecule has 1 aromatic heterocycles. The molecule has 1 rings (SSSR count). The maximum Gasteiger partial charge on any atom is 0.133 e. The lowest BCUT2D eigenvalue weighted by Crippen LogP contribution is -2.32. The van der Waals surface area contributed by atoms with E-state index in [1.54, 1.807) is 13.3 Å². The number of ether oxygens (including phenoxy) is 1. The zero-order valence-corrected chi connectivity index (χ0v) is 10.1. The molecule has 0 spiro atoms. The Labute approximate surface area is 95.8 Å². The topological polar surface area (TPSA) is 34.1 Å². The molecule has 0 radical (unpaired) electrons. The van der Waals surface area contributed by atoms with Crippen LogP contribution in [0.4, 0.5) is 0 Å². The highest BCUT2D eigenvalue weighted by molar-refractivity contribution is 6.30. The Morgan fingerprint density at radius 3 is 2.87 bits per heavy atom. The molecule has 4 heteroatoms. The summed E-state index contributed by atoms with van der Waals surface area (Å²) in [6.07, 6.45) is 1.69. The van der Waals surface area contributed by atoms with Crippen LogP contribution >= 0.6 is 11.6 Å². The van der Waals surface area contributed by atoms with Gasteiger partial charge in [-0.05, 0) is 19.9 Å². The van der Waals surface area contributed by atoms with Gasteiger partial charge in [0.2, 0.25) is 0 Å². The van der Waals surface area contributed by atoms with Crippen LogP contribution in [0.5, 0.6) is 0 Å². The minimum absolute atomic E-state index is 0.177. The quantitative estimate of drug-likeness (QED) is 0.786. The number of nitrogens with one attached hydrogen (secondary N) is 1. The second-order valence-electron chi connectivity index (χ2n) is 3.63. The highest BCUT2D eigenvalue weighted by Crippen LogP contribution is 2.20. The molecule has 0 amide bonds. The summed E-state index contributed by atoms with van der Waals surface area (Å²) < 4.78 is 5.06. The van der Waals surface area contributed by atoms with Crippen LogP contribution in [0.3, 0.4) is 0 Å². The SMILES string of the molecule is COCC(C)NC(C)c1cccnc1Cl. The predicted octanol–water partition coefficient (Wildman–Crippen LogP) is 2.42. The van der Waals surface area contributed by atoms with E-state index in [1.165, 1.54) is 0 Å². The Morgan fingerprint density at radius 1 is 1.53 bits per heavy atom. The van der Waals surface area contributed by atoms with E-state index in [1.807, 2.05) is 12.1 Å². The number of hydrogen-bond acceptors (Lipinski definition) is 3. The number of pyridine rings is 1. The monoisotopic (exact) mass is 228 g/mol. The molecule has 84 valence electrons. The van der Waals surface area contributed by atoms with Crippen LogP contribution < -0.4 is 5.32 Å². The molecule has 1 N–H and O–H groups in total. The van der Waals surface area contributed by atoms with Crippen molar-refractivity contribution in [3.63, 3.8) is 0 Å². The number of rotatable bonds is 5. The van der Waals surface area contributed by atoms with Crippen molar-refractivity contribution in [2.75, 3.05) is 13.7 Å². The summed E-state index contributed by atoms with van der Waals surface area (Å²) in [5.74, 6) is 0. The molecule has 2 unspecified atom stereocenters. The standard InChI is InChI=1S/C11H17ClN2O/c1-8(7-15-3)14-9(2)10-5-4-6-13-11(10)12/h4-6,8-9,14H,7H2,1-3H3. The fourth-order valence-electron chi connectivity index (χ4n) is 1.54. The number of aromatic nitrogens is 1. The van der Waals surface area contributed by atoms with Gasteiger partial charge in [0.05, 0.1) is 6.61 Å². The van der Waals surface area contributed by atoms with Gasteiger partial charge in [0.25, 0.3) is 0 Å². The predicted molar refractivity (Wildman–Crippen MR) is 62.1 cm³/mol. The number of nitrogens with zero attached hydrogens (tertiary/aromatic N) is 1. The van der Waals surface area contributed by atoms with Crippen LogP contribution in [0, 0.1) is 0 Å². The van der Waals surface area contributed by atoms with E-state index in [4.69, 9.17) is 16.3 Å². The van der Waals surface area contributed by atoms with Crippen LogP contribution in [0.25, 0.3) is 0 Å². The Hall–Kier alpha value is -0.640. The second kappa shape index (κ2) is 6.05. The average molecular weight is 229 g/mol. The van der Waals surface area contributed by atoms with Crippen LogP contribution in [-0.4, -0.2) is 24.7 Å². The summed E-state index contributed by atoms with van der Waals surface area (Å²) in [6.45, 7) is 4.82. The molecule has 0 fully saturated rings. The third kappa shape index (κ3) is 3.78. The van der Waals surface area contributed by atoms with E-state index < -0.39 is 0 Å². The number of methoxy groups -OCH3 is 1. The van der Waals surface area contributed by atoms with Crippen molar-refractivity contribution in [1.29, 1.82) is 0 Å². The van der Waals surface area contributed by atoms with Gasteiger partial charge in [-0.3, -0.25) is 0 Å². The summed E-state index contributed by atoms with van der Waals surface area (Å²) >= 11 is 6.00. The molecular formula is C11H17ClN2O. The summed E-state index contributed by atoms with van der Waals surface area (Å²) in [5, 5.41) is 3.95. The molecule has 15 heavy (non-hydrogen) atoms. The van der Waals surface area contributed by atoms with Crippen LogP contribution in [-0.2, 0) is 4.74 Å². The van der Waals surface area contributed by atoms with Crippen LogP contribution in [0.1, 0.15) is 25.5 Å². The number of hydrogen-bond donors (Lipinski definition) is 1. The maximum absolute atomic E-state index is 6.00. The van der Waals surface area contributed by atoms with Gasteiger partial charge in [0.15, 0.2) is 0 Å². The molecule has 1 heterocycles. The van der Waals surface area contributed by atoms with Gasteiger partial charge in [-0.2, -0.15) is 0 Å². The van der Waals surface area contributed by atoms with Crippen molar-refractivity contribution in [3.8, 4) is 0 Å². The molecule has 0 saturated heterocycles. The van der Waals surface area contributed by atoms with Gasteiger partial charge < -0.3 is 10.1 Å². The van der Waals surface area contributed by atoms with Crippen molar-refractivity contribution in [2.45, 2.75) is 25.9 Å². The van der Waals surface area contributed by atoms with E-state index in [2.05, 4.69) is 24.1 Å². The Bertz CT molecular complexity index is 306. The zero-order chi connectivity index (χ0) is 11.3. The molecule has 2 atom stereocenters. The van der Waals surface area contributed by atoms with Crippen LogP contribution in [0.2, 0.25) is 5.15 Å². The summed E-state index contributed by atoms with van der Waals surface area (Å²) in [6, 6.07) is 4.34. The second-order valence-corrected chi connectivity index (χ2v) is 3.99. The lowest BCUT2D eigenvalue weighted by atomic mass is 10.1. The first-order valence-electron chi connectivity index (χ1n) is 5.00. The lowest BCUT2D eigenvalue weighted by Gasteiger charge is -2.20. The van der Waals surface area contributed by atoms with Crippen molar-refractivity contribution in [1.82, 2.24) is 10.3 Å². The molecule has 3 nitrogen and oxygen atoms in total. The smallest absolute Gasteiger partial charge is 0.133 e. The summed E-state index contributed by atoms with van der Waals surface area (Å²) in [4.78, 5) is 4.05. The Balaban J connectivity index is 2.61. The first kappa shape index (κ1) is 12.4. The highest BCUT2D eigenvalue weighted by atomic mass is 35.5. The molecular weight excluding hydrogens is 212 g/mol. The van der Waals surface area contributed by atoms with Gasteiger partial charge in [-0.25, -0.2) is 4.98 Å². The van der Waals surface area contributed by atoms with Crippen molar-refractivity contribution in [3.05, 3.63) is 29.0 Å². The molecule has 0 aliphatic carbocycles. The normalized spacial score (nSPS) is 14.9. The molecule has 0 aliphatic rings. The summed E-state index contributed by atoms with van der Waals surface area (Å²) in [7, 11) is 1.69. The van der Waals surface area contributed by atoms with E-state index in [0.717, 1.165) is 5.56 Å². The van der Waals surface area contributed by atoms with Gasteiger partial charge in [0.1, 0.15) is 5.15 Å². The maximum atomic E-state index is 6.00. The summed E-state index contributed by atoms with van der Waals surface area (Å²) in [5.41, 5.74) is 1.02. The van der Waals surface area contributed by atoms with Gasteiger partial charge in [0, 0.05) is 31.0 Å². The van der Waals surface area contributed by atoms with E-state index in [-0.39, 0.29) is 6.04 Å². The molecule has 0 saturated carbocycles. The van der Waals surface area contributed by atoms with Gasteiger partial charge >= 0.3 is 0 Å². The van der Waals surface area contributed by atoms with E-state index in [0.29, 0.717) is 17.8 Å². The van der Waals surface area contributed by atoms with Gasteiger partial charge in [-0.1, -0.05) is 17.7 Å². The van der Waals surface area contributed by atoms with E-state index in [9.17, 15) is 0 Å². The minimum Gasteiger partial charge on any atom is -0.383 e. The lowest BCUT2D eigenvalue weighted by molar-refractivity contribution is 0.167. The molecule has 0 aliphatic heterocycles. The van der Waals surface area contributed by atoms with E-state index >= 15 is 0 Å². The molecule has 1 aromatic rings. The zero-order valence-electron chi connectivity index (χ0n) is 9.33. The Kier molecular flexibility index (Phi) is 5.02. The largest absolute Gasteiger partial charge is 0.383 e. The molecule has 0 aromatic carbocycles. The van der Waals surface area contributed by atoms with Crippen molar-refractivity contribution >= 4 is 11.6 Å². The average Bonchev–Trinajstić information content (AvgIpc) is 2.18. The molecule has 0 bridgehead atoms. The fourth-order valence-corrected chi connectivity index (χ4v) is 1.82. The van der Waals surface area contributed by atoms with Crippen LogP contribution in [0.15, 0.2) is 18.3 Å². The minimum atomic E-state index is 0.177. The third-order valence-corrected chi connectivity index (χ3v) is 2.52. The Morgan fingerprint density at radius 2 is 2.27 bits per heavy atom. The van der Waals surface area contributed by atoms with Gasteiger partial charge in [-0.15, -0.1) is 0 Å². The highest BCUT2D eigenvalue weighted by Gasteiger charge is 2.12. The third-order valence-electron chi connectivity index (χ3n) is 2.21.